The van der Waals surface area contributed by atoms with Crippen LogP contribution in [0.1, 0.15) is 25.3 Å². The molecule has 0 spiro atoms. The van der Waals surface area contributed by atoms with E-state index < -0.39 is 5.91 Å². The molecule has 0 saturated heterocycles. The lowest BCUT2D eigenvalue weighted by atomic mass is 10.0. The monoisotopic (exact) mass is 327 g/mol. The summed E-state index contributed by atoms with van der Waals surface area (Å²) >= 11 is 0. The molecule has 2 aromatic heterocycles. The van der Waals surface area contributed by atoms with Crippen LogP contribution in [0.3, 0.4) is 0 Å². The molecular formula is C17H17N3O4. The SMILES string of the molecule is CC(C)c1ccc(OCC(=O)Nc2nnc(-c3ccco3)o2)cc1. The van der Waals surface area contributed by atoms with E-state index in [1.54, 1.807) is 12.1 Å². The number of hydrogen-bond acceptors (Lipinski definition) is 6. The minimum absolute atomic E-state index is 0.00912. The number of nitrogens with one attached hydrogen (secondary N) is 1. The summed E-state index contributed by atoms with van der Waals surface area (Å²) in [5.74, 6) is 1.31. The molecule has 0 aliphatic rings. The lowest BCUT2D eigenvalue weighted by Crippen LogP contribution is -2.20. The van der Waals surface area contributed by atoms with Crippen molar-refractivity contribution in [1.82, 2.24) is 10.2 Å². The molecule has 0 radical (unpaired) electrons. The molecule has 1 aromatic carbocycles. The number of furan rings is 1. The summed E-state index contributed by atoms with van der Waals surface area (Å²) in [7, 11) is 0. The summed E-state index contributed by atoms with van der Waals surface area (Å²) in [5, 5.41) is 10.0. The Morgan fingerprint density at radius 3 is 2.67 bits per heavy atom. The number of aromatic nitrogens is 2. The van der Waals surface area contributed by atoms with E-state index in [1.807, 2.05) is 24.3 Å². The van der Waals surface area contributed by atoms with Gasteiger partial charge in [0, 0.05) is 0 Å². The van der Waals surface area contributed by atoms with Crippen molar-refractivity contribution in [2.45, 2.75) is 19.8 Å². The summed E-state index contributed by atoms with van der Waals surface area (Å²) in [6.45, 7) is 4.08. The molecule has 1 amide bonds. The number of carbonyl (C=O) groups excluding carboxylic acids is 1. The Hall–Kier alpha value is -3.09. The van der Waals surface area contributed by atoms with Crippen molar-refractivity contribution in [1.29, 1.82) is 0 Å². The van der Waals surface area contributed by atoms with E-state index in [2.05, 4.69) is 29.4 Å². The summed E-state index contributed by atoms with van der Waals surface area (Å²) < 4.78 is 15.9. The number of benzene rings is 1. The zero-order valence-corrected chi connectivity index (χ0v) is 13.4. The van der Waals surface area contributed by atoms with E-state index in [1.165, 1.54) is 11.8 Å². The third-order valence-electron chi connectivity index (χ3n) is 3.32. The molecule has 2 heterocycles. The lowest BCUT2D eigenvalue weighted by Gasteiger charge is -2.08. The molecule has 7 nitrogen and oxygen atoms in total. The van der Waals surface area contributed by atoms with E-state index in [9.17, 15) is 4.79 Å². The van der Waals surface area contributed by atoms with Gasteiger partial charge in [0.2, 0.25) is 0 Å². The number of ether oxygens (including phenoxy) is 1. The van der Waals surface area contributed by atoms with Crippen molar-refractivity contribution in [3.63, 3.8) is 0 Å². The van der Waals surface area contributed by atoms with Crippen molar-refractivity contribution >= 4 is 11.9 Å². The van der Waals surface area contributed by atoms with E-state index in [-0.39, 0.29) is 18.5 Å². The first kappa shape index (κ1) is 15.8. The van der Waals surface area contributed by atoms with E-state index >= 15 is 0 Å². The van der Waals surface area contributed by atoms with Crippen molar-refractivity contribution < 1.29 is 18.4 Å². The van der Waals surface area contributed by atoms with Gasteiger partial charge in [-0.3, -0.25) is 10.1 Å². The van der Waals surface area contributed by atoms with E-state index in [0.29, 0.717) is 17.4 Å². The van der Waals surface area contributed by atoms with Crippen LogP contribution < -0.4 is 10.1 Å². The number of hydrogen-bond donors (Lipinski definition) is 1. The number of amides is 1. The van der Waals surface area contributed by atoms with Gasteiger partial charge in [-0.25, -0.2) is 0 Å². The van der Waals surface area contributed by atoms with Crippen molar-refractivity contribution in [3.05, 3.63) is 48.2 Å². The second-order valence-corrected chi connectivity index (χ2v) is 5.45. The summed E-state index contributed by atoms with van der Waals surface area (Å²) in [5.41, 5.74) is 1.21. The van der Waals surface area contributed by atoms with Crippen LogP contribution in [-0.4, -0.2) is 22.7 Å². The summed E-state index contributed by atoms with van der Waals surface area (Å²) in [4.78, 5) is 11.9. The second-order valence-electron chi connectivity index (χ2n) is 5.45. The molecule has 0 aliphatic heterocycles. The van der Waals surface area contributed by atoms with Crippen LogP contribution in [0.25, 0.3) is 11.7 Å². The third-order valence-corrected chi connectivity index (χ3v) is 3.32. The molecule has 0 fully saturated rings. The number of nitrogens with zero attached hydrogens (tertiary/aromatic N) is 2. The molecule has 3 rings (SSSR count). The maximum Gasteiger partial charge on any atom is 0.322 e. The first-order valence-electron chi connectivity index (χ1n) is 7.52. The predicted molar refractivity (Wildman–Crippen MR) is 86.7 cm³/mol. The average molecular weight is 327 g/mol. The normalized spacial score (nSPS) is 10.8. The topological polar surface area (TPSA) is 90.4 Å². The van der Waals surface area contributed by atoms with Crippen molar-refractivity contribution in [2.24, 2.45) is 0 Å². The molecule has 0 atom stereocenters. The van der Waals surface area contributed by atoms with Gasteiger partial charge in [-0.05, 0) is 35.7 Å². The fourth-order valence-electron chi connectivity index (χ4n) is 2.03. The van der Waals surface area contributed by atoms with Gasteiger partial charge in [0.25, 0.3) is 11.8 Å². The van der Waals surface area contributed by atoms with Crippen LogP contribution in [0.4, 0.5) is 6.01 Å². The highest BCUT2D eigenvalue weighted by Crippen LogP contribution is 2.20. The molecule has 24 heavy (non-hydrogen) atoms. The number of carbonyl (C=O) groups is 1. The van der Waals surface area contributed by atoms with Crippen molar-refractivity contribution in [2.75, 3.05) is 11.9 Å². The zero-order valence-electron chi connectivity index (χ0n) is 13.4. The third kappa shape index (κ3) is 3.81. The smallest absolute Gasteiger partial charge is 0.322 e. The van der Waals surface area contributed by atoms with E-state index in [4.69, 9.17) is 13.6 Å². The fourth-order valence-corrected chi connectivity index (χ4v) is 2.03. The first-order valence-corrected chi connectivity index (χ1v) is 7.52. The number of rotatable bonds is 6. The molecule has 3 aromatic rings. The van der Waals surface area contributed by atoms with Gasteiger partial charge in [0.05, 0.1) is 6.26 Å². The predicted octanol–water partition coefficient (Wildman–Crippen LogP) is 3.47. The average Bonchev–Trinajstić information content (AvgIpc) is 3.24. The Balaban J connectivity index is 1.52. The van der Waals surface area contributed by atoms with Gasteiger partial charge in [-0.2, -0.15) is 0 Å². The molecule has 0 saturated carbocycles. The minimum atomic E-state index is -0.391. The highest BCUT2D eigenvalue weighted by molar-refractivity contribution is 5.89. The van der Waals surface area contributed by atoms with Crippen LogP contribution in [0.2, 0.25) is 0 Å². The Kier molecular flexibility index (Phi) is 4.60. The molecule has 7 heteroatoms. The first-order chi connectivity index (χ1) is 11.6. The van der Waals surface area contributed by atoms with Crippen LogP contribution in [-0.2, 0) is 4.79 Å². The number of anilines is 1. The Labute approximate surface area is 138 Å². The van der Waals surface area contributed by atoms with Crippen LogP contribution in [0.15, 0.2) is 51.5 Å². The van der Waals surface area contributed by atoms with E-state index in [0.717, 1.165) is 0 Å². The van der Waals surface area contributed by atoms with Crippen LogP contribution in [0, 0.1) is 0 Å². The highest BCUT2D eigenvalue weighted by atomic mass is 16.5. The molecule has 0 aliphatic carbocycles. The Morgan fingerprint density at radius 2 is 2.00 bits per heavy atom. The van der Waals surface area contributed by atoms with Gasteiger partial charge >= 0.3 is 6.01 Å². The maximum atomic E-state index is 11.9. The minimum Gasteiger partial charge on any atom is -0.484 e. The summed E-state index contributed by atoms with van der Waals surface area (Å²) in [6, 6.07) is 11.0. The quantitative estimate of drug-likeness (QED) is 0.745. The fraction of sp³-hybridized carbons (Fsp3) is 0.235. The molecule has 1 N–H and O–H groups in total. The summed E-state index contributed by atoms with van der Waals surface area (Å²) in [6.07, 6.45) is 1.50. The van der Waals surface area contributed by atoms with Crippen molar-refractivity contribution in [3.8, 4) is 17.4 Å². The van der Waals surface area contributed by atoms with Gasteiger partial charge in [-0.1, -0.05) is 31.1 Å². The lowest BCUT2D eigenvalue weighted by molar-refractivity contribution is -0.118. The molecular weight excluding hydrogens is 310 g/mol. The van der Waals surface area contributed by atoms with Crippen LogP contribution >= 0.6 is 0 Å². The second kappa shape index (κ2) is 6.99. The van der Waals surface area contributed by atoms with Gasteiger partial charge in [0.1, 0.15) is 5.75 Å². The molecule has 0 unspecified atom stereocenters. The molecule has 124 valence electrons. The Morgan fingerprint density at radius 1 is 1.21 bits per heavy atom. The highest BCUT2D eigenvalue weighted by Gasteiger charge is 2.13. The Bertz CT molecular complexity index is 792. The van der Waals surface area contributed by atoms with Crippen LogP contribution in [0.5, 0.6) is 5.75 Å². The molecule has 0 bridgehead atoms. The van der Waals surface area contributed by atoms with Gasteiger partial charge < -0.3 is 13.6 Å². The maximum absolute atomic E-state index is 11.9. The van der Waals surface area contributed by atoms with Gasteiger partial charge in [0.15, 0.2) is 12.4 Å². The largest absolute Gasteiger partial charge is 0.484 e. The zero-order chi connectivity index (χ0) is 16.9. The van der Waals surface area contributed by atoms with Gasteiger partial charge in [-0.15, -0.1) is 5.10 Å². The standard InChI is InChI=1S/C17H17N3O4/c1-11(2)12-5-7-13(8-6-12)23-10-15(21)18-17-20-19-16(24-17)14-4-3-9-22-14/h3-9,11H,10H2,1-2H3,(H,18,20,21).